The molecule has 1 fully saturated rings. The second-order valence-electron chi connectivity index (χ2n) is 6.48. The average molecular weight is 405 g/mol. The van der Waals surface area contributed by atoms with Gasteiger partial charge >= 0.3 is 0 Å². The van der Waals surface area contributed by atoms with Gasteiger partial charge in [0, 0.05) is 31.6 Å². The maximum atomic E-state index is 13.5. The van der Waals surface area contributed by atoms with Crippen LogP contribution >= 0.6 is 11.6 Å². The van der Waals surface area contributed by atoms with Crippen LogP contribution in [0.1, 0.15) is 20.9 Å². The van der Waals surface area contributed by atoms with Crippen molar-refractivity contribution in [1.29, 1.82) is 0 Å². The van der Waals surface area contributed by atoms with Crippen LogP contribution < -0.4 is 0 Å². The van der Waals surface area contributed by atoms with Crippen molar-refractivity contribution in [3.8, 4) is 0 Å². The van der Waals surface area contributed by atoms with Crippen LogP contribution in [-0.2, 0) is 0 Å². The van der Waals surface area contributed by atoms with Crippen molar-refractivity contribution in [3.63, 3.8) is 0 Å². The van der Waals surface area contributed by atoms with E-state index < -0.39 is 17.5 Å². The number of furan rings is 1. The fourth-order valence-corrected chi connectivity index (χ4v) is 3.44. The van der Waals surface area contributed by atoms with Crippen molar-refractivity contribution in [1.82, 2.24) is 9.80 Å². The molecule has 2 heterocycles. The predicted molar refractivity (Wildman–Crippen MR) is 99.4 cm³/mol. The first-order chi connectivity index (χ1) is 13.4. The van der Waals surface area contributed by atoms with Gasteiger partial charge in [0.1, 0.15) is 5.58 Å². The van der Waals surface area contributed by atoms with E-state index in [1.807, 2.05) is 18.2 Å². The van der Waals surface area contributed by atoms with Gasteiger partial charge in [-0.25, -0.2) is 8.78 Å². The normalized spacial score (nSPS) is 14.5. The van der Waals surface area contributed by atoms with Gasteiger partial charge < -0.3 is 14.2 Å². The van der Waals surface area contributed by atoms with Gasteiger partial charge in [-0.2, -0.15) is 0 Å². The maximum absolute atomic E-state index is 13.5. The third kappa shape index (κ3) is 3.33. The topological polar surface area (TPSA) is 53.8 Å². The lowest BCUT2D eigenvalue weighted by Gasteiger charge is -2.34. The van der Waals surface area contributed by atoms with Gasteiger partial charge in [-0.3, -0.25) is 9.59 Å². The molecular formula is C20H15ClF2N2O3. The highest BCUT2D eigenvalue weighted by Gasteiger charge is 2.28. The van der Waals surface area contributed by atoms with Gasteiger partial charge in [0.25, 0.3) is 11.8 Å². The average Bonchev–Trinajstić information content (AvgIpc) is 3.14. The second-order valence-corrected chi connectivity index (χ2v) is 6.89. The van der Waals surface area contributed by atoms with Crippen LogP contribution in [0.3, 0.4) is 0 Å². The fraction of sp³-hybridized carbons (Fsp3) is 0.200. The molecule has 144 valence electrons. The molecule has 8 heteroatoms. The van der Waals surface area contributed by atoms with Crippen molar-refractivity contribution in [3.05, 3.63) is 70.4 Å². The molecule has 0 unspecified atom stereocenters. The lowest BCUT2D eigenvalue weighted by Crippen LogP contribution is -2.50. The summed E-state index contributed by atoms with van der Waals surface area (Å²) in [6, 6.07) is 10.6. The fourth-order valence-electron chi connectivity index (χ4n) is 3.21. The Morgan fingerprint density at radius 3 is 2.18 bits per heavy atom. The molecule has 3 aromatic rings. The number of para-hydroxylation sites is 1. The highest BCUT2D eigenvalue weighted by atomic mass is 35.5. The molecular weight excluding hydrogens is 390 g/mol. The number of piperazine rings is 1. The summed E-state index contributed by atoms with van der Waals surface area (Å²) in [7, 11) is 0. The van der Waals surface area contributed by atoms with Crippen LogP contribution in [-0.4, -0.2) is 47.8 Å². The molecule has 0 aliphatic carbocycles. The summed E-state index contributed by atoms with van der Waals surface area (Å²) in [4.78, 5) is 28.3. The smallest absolute Gasteiger partial charge is 0.289 e. The first-order valence-electron chi connectivity index (χ1n) is 8.65. The number of nitrogens with zero attached hydrogens (tertiary/aromatic N) is 2. The Morgan fingerprint density at radius 1 is 0.893 bits per heavy atom. The molecule has 28 heavy (non-hydrogen) atoms. The Labute approximate surface area is 164 Å². The van der Waals surface area contributed by atoms with Gasteiger partial charge in [-0.1, -0.05) is 29.8 Å². The number of carbonyl (C=O) groups excluding carboxylic acids is 2. The summed E-state index contributed by atoms with van der Waals surface area (Å²) in [5.41, 5.74) is 0.533. The molecule has 0 spiro atoms. The number of benzene rings is 2. The molecule has 1 aliphatic heterocycles. The molecule has 2 amide bonds. The van der Waals surface area contributed by atoms with Crippen LogP contribution in [0.25, 0.3) is 11.0 Å². The second kappa shape index (κ2) is 7.24. The van der Waals surface area contributed by atoms with E-state index in [4.69, 9.17) is 16.0 Å². The first-order valence-corrected chi connectivity index (χ1v) is 9.03. The van der Waals surface area contributed by atoms with Crippen LogP contribution in [0.4, 0.5) is 8.78 Å². The largest absolute Gasteiger partial charge is 0.451 e. The van der Waals surface area contributed by atoms with Gasteiger partial charge in [0.15, 0.2) is 17.4 Å². The van der Waals surface area contributed by atoms with E-state index >= 15 is 0 Å². The lowest BCUT2D eigenvalue weighted by molar-refractivity contribution is 0.0519. The molecule has 1 aliphatic rings. The Morgan fingerprint density at radius 2 is 1.50 bits per heavy atom. The van der Waals surface area contributed by atoms with Crippen LogP contribution in [0.2, 0.25) is 5.02 Å². The first kappa shape index (κ1) is 18.4. The summed E-state index contributed by atoms with van der Waals surface area (Å²) in [5, 5.41) is 0.692. The van der Waals surface area contributed by atoms with Gasteiger partial charge in [-0.05, 0) is 24.3 Å². The number of rotatable bonds is 2. The Balaban J connectivity index is 1.45. The third-order valence-electron chi connectivity index (χ3n) is 4.73. The van der Waals surface area contributed by atoms with E-state index in [1.165, 1.54) is 4.90 Å². The minimum absolute atomic E-state index is 0.0994. The molecule has 0 atom stereocenters. The number of fused-ring (bicyclic) bond motifs is 1. The number of halogens is 3. The molecule has 1 aromatic heterocycles. The van der Waals surface area contributed by atoms with Crippen molar-refractivity contribution in [2.45, 2.75) is 0 Å². The monoisotopic (exact) mass is 404 g/mol. The molecule has 5 nitrogen and oxygen atoms in total. The van der Waals surface area contributed by atoms with E-state index in [0.717, 1.165) is 17.5 Å². The van der Waals surface area contributed by atoms with E-state index in [9.17, 15) is 18.4 Å². The molecule has 0 bridgehead atoms. The summed E-state index contributed by atoms with van der Waals surface area (Å²) >= 11 is 5.88. The maximum Gasteiger partial charge on any atom is 0.289 e. The van der Waals surface area contributed by atoms with Crippen molar-refractivity contribution >= 4 is 34.4 Å². The summed E-state index contributed by atoms with van der Waals surface area (Å²) < 4.78 is 32.3. The van der Waals surface area contributed by atoms with E-state index in [-0.39, 0.29) is 35.3 Å². The number of hydrogen-bond donors (Lipinski definition) is 0. The zero-order valence-electron chi connectivity index (χ0n) is 14.6. The predicted octanol–water partition coefficient (Wildman–Crippen LogP) is 3.96. The van der Waals surface area contributed by atoms with Crippen LogP contribution in [0.15, 0.2) is 46.9 Å². The van der Waals surface area contributed by atoms with E-state index in [2.05, 4.69) is 0 Å². The van der Waals surface area contributed by atoms with Gasteiger partial charge in [0.05, 0.1) is 10.6 Å². The van der Waals surface area contributed by atoms with Crippen molar-refractivity contribution in [2.24, 2.45) is 0 Å². The molecule has 0 radical (unpaired) electrons. The summed E-state index contributed by atoms with van der Waals surface area (Å²) in [6.07, 6.45) is 0. The van der Waals surface area contributed by atoms with Gasteiger partial charge in [-0.15, -0.1) is 0 Å². The van der Waals surface area contributed by atoms with Gasteiger partial charge in [0.2, 0.25) is 0 Å². The Bertz CT molecular complexity index is 1040. The van der Waals surface area contributed by atoms with Crippen LogP contribution in [0, 0.1) is 11.6 Å². The molecule has 4 rings (SSSR count). The SMILES string of the molecule is O=C(c1cc2ccccc2o1)N1CCN(C(=O)c2cc(F)c(F)cc2Cl)CC1. The molecule has 0 saturated carbocycles. The Kier molecular flexibility index (Phi) is 4.77. The lowest BCUT2D eigenvalue weighted by atomic mass is 10.1. The number of carbonyl (C=O) groups is 2. The minimum atomic E-state index is -1.13. The minimum Gasteiger partial charge on any atom is -0.451 e. The number of amides is 2. The summed E-state index contributed by atoms with van der Waals surface area (Å²) in [6.45, 7) is 1.09. The summed E-state index contributed by atoms with van der Waals surface area (Å²) in [5.74, 6) is -2.76. The zero-order chi connectivity index (χ0) is 19.8. The highest BCUT2D eigenvalue weighted by Crippen LogP contribution is 2.23. The quantitative estimate of drug-likeness (QED) is 0.607. The Hall–Kier alpha value is -2.93. The van der Waals surface area contributed by atoms with Crippen molar-refractivity contribution < 1.29 is 22.8 Å². The molecule has 2 aromatic carbocycles. The van der Waals surface area contributed by atoms with E-state index in [0.29, 0.717) is 18.7 Å². The third-order valence-corrected chi connectivity index (χ3v) is 5.04. The standard InChI is InChI=1S/C20H15ClF2N2O3/c21-14-11-16(23)15(22)10-13(14)19(26)24-5-7-25(8-6-24)20(27)18-9-12-3-1-2-4-17(12)28-18/h1-4,9-11H,5-8H2. The zero-order valence-corrected chi connectivity index (χ0v) is 15.4. The molecule has 0 N–H and O–H groups in total. The molecule has 1 saturated heterocycles. The van der Waals surface area contributed by atoms with Crippen LogP contribution in [0.5, 0.6) is 0 Å². The van der Waals surface area contributed by atoms with Crippen molar-refractivity contribution in [2.75, 3.05) is 26.2 Å². The highest BCUT2D eigenvalue weighted by molar-refractivity contribution is 6.33. The van der Waals surface area contributed by atoms with E-state index in [1.54, 1.807) is 17.0 Å². The number of hydrogen-bond acceptors (Lipinski definition) is 3.